The van der Waals surface area contributed by atoms with Crippen molar-refractivity contribution in [2.75, 3.05) is 25.5 Å². The summed E-state index contributed by atoms with van der Waals surface area (Å²) in [6.45, 7) is 19.4. The Bertz CT molecular complexity index is 2120. The number of benzene rings is 2. The van der Waals surface area contributed by atoms with Gasteiger partial charge in [0.15, 0.2) is 5.75 Å². The van der Waals surface area contributed by atoms with E-state index in [-0.39, 0.29) is 44.5 Å². The van der Waals surface area contributed by atoms with Crippen molar-refractivity contribution in [1.29, 1.82) is 0 Å². The summed E-state index contributed by atoms with van der Waals surface area (Å²) in [6, 6.07) is 0. The molecule has 5 rings (SSSR count). The van der Waals surface area contributed by atoms with Crippen LogP contribution in [0.25, 0.3) is 10.8 Å². The summed E-state index contributed by atoms with van der Waals surface area (Å²) in [5, 5.41) is 68.7. The highest BCUT2D eigenvalue weighted by Gasteiger charge is 2.50. The number of aliphatic hydroxyl groups excluding tert-OH is 2. The summed E-state index contributed by atoms with van der Waals surface area (Å²) in [6.07, 6.45) is 4.58. The number of phenolic OH excluding ortho intramolecular Hbond substituents is 3. The summed E-state index contributed by atoms with van der Waals surface area (Å²) in [5.41, 5.74) is -0.591. The number of amidine groups is 1. The molecule has 0 radical (unpaired) electrons. The minimum Gasteiger partial charge on any atom is -0.507 e. The number of ether oxygens (including phenoxy) is 4. The largest absolute Gasteiger partial charge is 0.507 e. The van der Waals surface area contributed by atoms with Gasteiger partial charge in [-0.05, 0) is 40.7 Å². The molecule has 0 aromatic heterocycles. The molecule has 328 valence electrons. The van der Waals surface area contributed by atoms with Crippen LogP contribution < -0.4 is 10.1 Å². The monoisotopic (exact) mass is 836 g/mol. The maximum atomic E-state index is 14.4. The molecule has 0 fully saturated rings. The number of carbonyl (C=O) groups excluding carboxylic acids is 3. The number of hydrogen-bond donors (Lipinski definition) is 6. The molecule has 0 saturated heterocycles. The predicted octanol–water partition coefficient (Wildman–Crippen LogP) is 5.85. The highest BCUT2D eigenvalue weighted by Crippen LogP contribution is 2.55. The van der Waals surface area contributed by atoms with Crippen LogP contribution in [-0.4, -0.2) is 111 Å². The Morgan fingerprint density at radius 1 is 0.950 bits per heavy atom. The molecule has 0 unspecified atom stereocenters. The van der Waals surface area contributed by atoms with Crippen molar-refractivity contribution in [2.24, 2.45) is 33.9 Å². The SMILES string of the molecule is CCN(CC)C(C)=NN=Cc1c2c(O)c3c(O)c(C)c4c(c3c1O)C(=O)[C@@](C)(OC=C[C@H](OC)[C@H](C)[C@@H](OC(C)=O)[C@@H](C)[C@H](O)[C@H](C)[C@@H](O)[C@@H](C)C=CC=C(C)C(=O)N2)O4. The maximum Gasteiger partial charge on any atom is 0.312 e. The van der Waals surface area contributed by atoms with Gasteiger partial charge in [0.1, 0.15) is 29.2 Å². The molecular weight excluding hydrogens is 776 g/mol. The molecule has 0 aliphatic carbocycles. The zero-order valence-electron chi connectivity index (χ0n) is 36.4. The predicted molar refractivity (Wildman–Crippen MR) is 227 cm³/mol. The van der Waals surface area contributed by atoms with E-state index in [0.29, 0.717) is 18.9 Å². The summed E-state index contributed by atoms with van der Waals surface area (Å²) in [4.78, 5) is 42.4. The van der Waals surface area contributed by atoms with E-state index in [2.05, 4.69) is 15.5 Å². The van der Waals surface area contributed by atoms with Gasteiger partial charge in [-0.1, -0.05) is 45.9 Å². The second kappa shape index (κ2) is 19.3. The van der Waals surface area contributed by atoms with E-state index < -0.39 is 88.8 Å². The van der Waals surface area contributed by atoms with Crippen LogP contribution in [0.2, 0.25) is 0 Å². The Kier molecular flexibility index (Phi) is 15.2. The first-order valence-corrected chi connectivity index (χ1v) is 20.1. The van der Waals surface area contributed by atoms with Crippen molar-refractivity contribution in [3.05, 3.63) is 52.8 Å². The molecule has 5 bridgehead atoms. The fourth-order valence-electron chi connectivity index (χ4n) is 7.79. The third-order valence-corrected chi connectivity index (χ3v) is 11.6. The molecule has 3 heterocycles. The van der Waals surface area contributed by atoms with Crippen LogP contribution in [-0.2, 0) is 23.8 Å². The zero-order valence-corrected chi connectivity index (χ0v) is 36.4. The molecule has 16 heteroatoms. The molecule has 1 amide bonds. The number of rotatable bonds is 6. The third kappa shape index (κ3) is 9.30. The first-order chi connectivity index (χ1) is 28.2. The molecule has 3 aliphatic heterocycles. The highest BCUT2D eigenvalue weighted by molar-refractivity contribution is 6.23. The number of allylic oxidation sites excluding steroid dienone is 2. The second-order valence-electron chi connectivity index (χ2n) is 15.7. The number of nitrogens with zero attached hydrogens (tertiary/aromatic N) is 3. The van der Waals surface area contributed by atoms with Crippen molar-refractivity contribution in [3.8, 4) is 23.0 Å². The lowest BCUT2D eigenvalue weighted by Gasteiger charge is -2.38. The average Bonchev–Trinajstić information content (AvgIpc) is 3.47. The van der Waals surface area contributed by atoms with E-state index in [1.54, 1.807) is 46.8 Å². The first kappa shape index (κ1) is 47.2. The summed E-state index contributed by atoms with van der Waals surface area (Å²) >= 11 is 0. The molecule has 60 heavy (non-hydrogen) atoms. The Labute approximate surface area is 350 Å². The van der Waals surface area contributed by atoms with Gasteiger partial charge < -0.3 is 54.7 Å². The number of Topliss-reactive ketones (excluding diaryl/α,β-unsaturated/α-hetero) is 1. The number of hydrogen-bond acceptors (Lipinski definition) is 14. The van der Waals surface area contributed by atoms with Gasteiger partial charge in [0.25, 0.3) is 11.7 Å². The highest BCUT2D eigenvalue weighted by atomic mass is 16.7. The van der Waals surface area contributed by atoms with Crippen LogP contribution in [0.5, 0.6) is 23.0 Å². The number of fused-ring (bicyclic) bond motifs is 14. The third-order valence-electron chi connectivity index (χ3n) is 11.6. The number of nitrogens with one attached hydrogen (secondary N) is 1. The molecular formula is C44H60N4O12. The van der Waals surface area contributed by atoms with E-state index in [1.807, 2.05) is 18.7 Å². The van der Waals surface area contributed by atoms with Crippen LogP contribution in [0.4, 0.5) is 5.69 Å². The van der Waals surface area contributed by atoms with Crippen LogP contribution in [0, 0.1) is 30.6 Å². The Morgan fingerprint density at radius 3 is 2.20 bits per heavy atom. The van der Waals surface area contributed by atoms with Gasteiger partial charge in [-0.15, -0.1) is 5.10 Å². The normalized spacial score (nSPS) is 28.2. The van der Waals surface area contributed by atoms with Crippen molar-refractivity contribution in [2.45, 2.75) is 106 Å². The lowest BCUT2D eigenvalue weighted by Crippen LogP contribution is -2.46. The number of aliphatic hydroxyl groups is 2. The molecule has 3 aliphatic rings. The average molecular weight is 837 g/mol. The quantitative estimate of drug-likeness (QED) is 0.0502. The Hall–Kier alpha value is -5.45. The van der Waals surface area contributed by atoms with Crippen molar-refractivity contribution < 1.29 is 58.9 Å². The van der Waals surface area contributed by atoms with Gasteiger partial charge in [-0.3, -0.25) is 14.4 Å². The number of methoxy groups -OCH3 is 1. The lowest BCUT2D eigenvalue weighted by atomic mass is 9.78. The van der Waals surface area contributed by atoms with Gasteiger partial charge in [0.05, 0.1) is 53.0 Å². The molecule has 0 spiro atoms. The van der Waals surface area contributed by atoms with Gasteiger partial charge >= 0.3 is 11.8 Å². The van der Waals surface area contributed by atoms with Crippen molar-refractivity contribution in [3.63, 3.8) is 0 Å². The van der Waals surface area contributed by atoms with Gasteiger partial charge in [0.2, 0.25) is 0 Å². The number of phenols is 3. The van der Waals surface area contributed by atoms with Crippen LogP contribution in [0.3, 0.4) is 0 Å². The number of ketones is 1. The second-order valence-corrected chi connectivity index (χ2v) is 15.7. The van der Waals surface area contributed by atoms with E-state index in [1.165, 1.54) is 53.2 Å². The molecule has 2 aromatic rings. The van der Waals surface area contributed by atoms with Gasteiger partial charge in [-0.2, -0.15) is 5.10 Å². The topological polar surface area (TPSA) is 229 Å². The van der Waals surface area contributed by atoms with Crippen molar-refractivity contribution >= 4 is 46.2 Å². The van der Waals surface area contributed by atoms with Gasteiger partial charge in [-0.25, -0.2) is 0 Å². The molecule has 16 nitrogen and oxygen atoms in total. The molecule has 0 saturated carbocycles. The number of amides is 1. The number of aromatic hydroxyl groups is 3. The molecule has 2 aromatic carbocycles. The fourth-order valence-corrected chi connectivity index (χ4v) is 7.79. The first-order valence-electron chi connectivity index (χ1n) is 20.1. The summed E-state index contributed by atoms with van der Waals surface area (Å²) in [7, 11) is 1.43. The minimum atomic E-state index is -2.07. The molecule has 6 N–H and O–H groups in total. The van der Waals surface area contributed by atoms with Crippen LogP contribution in [0.15, 0.2) is 46.3 Å². The smallest absolute Gasteiger partial charge is 0.312 e. The van der Waals surface area contributed by atoms with E-state index in [0.717, 1.165) is 6.21 Å². The molecule has 9 atom stereocenters. The standard InChI is InChI=1S/C44H60N4O12/c1-13-48(14-2)27(9)47-45-20-29-34-39(54)32-31(38(29)53)33-41(26(8)37(32)52)60-44(11,42(33)55)58-19-18-30(57-12)23(5)40(59-28(10)49)25(7)36(51)24(6)35(50)21(3)16-15-17-22(4)43(56)46-34/h15-21,23-25,30,35-36,40,50-54H,13-14H2,1-12H3,(H,46,56)/t21-,23-,24+,25-,30-,35-,36+,40+,44-/m0/s1. The minimum absolute atomic E-state index is 0.0347. The summed E-state index contributed by atoms with van der Waals surface area (Å²) in [5.74, 6) is -8.09. The van der Waals surface area contributed by atoms with E-state index in [4.69, 9.17) is 18.9 Å². The van der Waals surface area contributed by atoms with Gasteiger partial charge in [0, 0.05) is 74.2 Å². The lowest BCUT2D eigenvalue weighted by molar-refractivity contribution is -0.160. The number of esters is 1. The van der Waals surface area contributed by atoms with Crippen molar-refractivity contribution in [1.82, 2.24) is 4.90 Å². The van der Waals surface area contributed by atoms with E-state index >= 15 is 0 Å². The fraction of sp³-hybridized carbons (Fsp3) is 0.523. The Balaban J connectivity index is 2.00. The van der Waals surface area contributed by atoms with Crippen LogP contribution >= 0.6 is 0 Å². The summed E-state index contributed by atoms with van der Waals surface area (Å²) < 4.78 is 23.6. The number of anilines is 1. The maximum absolute atomic E-state index is 14.4. The zero-order chi connectivity index (χ0) is 45.0. The number of carbonyl (C=O) groups is 3. The van der Waals surface area contributed by atoms with E-state index in [9.17, 15) is 39.9 Å². The van der Waals surface area contributed by atoms with Crippen LogP contribution in [0.1, 0.15) is 90.7 Å². The Morgan fingerprint density at radius 2 is 1.60 bits per heavy atom.